The molecule has 1 saturated heterocycles. The van der Waals surface area contributed by atoms with Crippen LogP contribution in [0.3, 0.4) is 0 Å². The molecular weight excluding hydrogens is 250 g/mol. The van der Waals surface area contributed by atoms with Crippen LogP contribution in [-0.4, -0.2) is 34.5 Å². The predicted octanol–water partition coefficient (Wildman–Crippen LogP) is 2.15. The largest absolute Gasteiger partial charge is 0.480 e. The zero-order chi connectivity index (χ0) is 13.1. The van der Waals surface area contributed by atoms with E-state index < -0.39 is 12.0 Å². The molecule has 5 heteroatoms. The Hall–Kier alpha value is -1.62. The molecule has 96 valence electrons. The van der Waals surface area contributed by atoms with Gasteiger partial charge in [-0.25, -0.2) is 4.79 Å². The molecule has 2 rings (SSSR count). The smallest absolute Gasteiger partial charge is 0.326 e. The number of carboxylic acid groups (broad SMARTS) is 1. The highest BCUT2D eigenvalue weighted by Gasteiger charge is 2.32. The first-order chi connectivity index (χ1) is 8.59. The first kappa shape index (κ1) is 12.8. The number of hydrogen-bond donors (Lipinski definition) is 1. The van der Waals surface area contributed by atoms with E-state index in [1.807, 2.05) is 18.4 Å². The number of rotatable bonds is 3. The summed E-state index contributed by atoms with van der Waals surface area (Å²) in [5.41, 5.74) is 1.13. The summed E-state index contributed by atoms with van der Waals surface area (Å²) in [6.07, 6.45) is 4.54. The summed E-state index contributed by atoms with van der Waals surface area (Å²) in [7, 11) is 0. The fraction of sp³-hybridized carbons (Fsp3) is 0.385. The van der Waals surface area contributed by atoms with Crippen molar-refractivity contribution in [2.24, 2.45) is 0 Å². The molecule has 1 aromatic heterocycles. The fourth-order valence-corrected chi connectivity index (χ4v) is 2.90. The van der Waals surface area contributed by atoms with Gasteiger partial charge in [-0.3, -0.25) is 4.79 Å². The van der Waals surface area contributed by atoms with E-state index in [9.17, 15) is 9.59 Å². The van der Waals surface area contributed by atoms with Gasteiger partial charge in [-0.1, -0.05) is 0 Å². The highest BCUT2D eigenvalue weighted by Crippen LogP contribution is 2.20. The maximum Gasteiger partial charge on any atom is 0.326 e. The molecule has 4 nitrogen and oxygen atoms in total. The van der Waals surface area contributed by atoms with Crippen molar-refractivity contribution in [3.8, 4) is 0 Å². The molecular formula is C13H15NO3S. The van der Waals surface area contributed by atoms with Crippen molar-refractivity contribution in [1.82, 2.24) is 4.90 Å². The number of aryl methyl sites for hydroxylation is 1. The molecule has 0 unspecified atom stereocenters. The van der Waals surface area contributed by atoms with Crippen LogP contribution < -0.4 is 0 Å². The van der Waals surface area contributed by atoms with E-state index in [0.717, 1.165) is 16.9 Å². The Balaban J connectivity index is 2.06. The summed E-state index contributed by atoms with van der Waals surface area (Å²) in [4.78, 5) is 25.4. The molecule has 0 spiro atoms. The maximum atomic E-state index is 11.9. The monoisotopic (exact) mass is 265 g/mol. The SMILES string of the molecule is Cc1ccsc1/C=C/C(=O)N1CCC[C@@H]1C(=O)O. The number of likely N-dealkylation sites (tertiary alicyclic amines) is 1. The molecule has 1 fully saturated rings. The van der Waals surface area contributed by atoms with E-state index in [0.29, 0.717) is 13.0 Å². The van der Waals surface area contributed by atoms with Crippen LogP contribution in [0, 0.1) is 6.92 Å². The van der Waals surface area contributed by atoms with Crippen LogP contribution >= 0.6 is 11.3 Å². The minimum Gasteiger partial charge on any atom is -0.480 e. The van der Waals surface area contributed by atoms with Gasteiger partial charge in [0.05, 0.1) is 0 Å². The molecule has 1 aromatic rings. The van der Waals surface area contributed by atoms with E-state index >= 15 is 0 Å². The zero-order valence-electron chi connectivity index (χ0n) is 10.1. The first-order valence-corrected chi connectivity index (χ1v) is 6.73. The predicted molar refractivity (Wildman–Crippen MR) is 70.5 cm³/mol. The van der Waals surface area contributed by atoms with Crippen molar-refractivity contribution in [3.05, 3.63) is 28.0 Å². The minimum atomic E-state index is -0.915. The molecule has 0 aliphatic carbocycles. The summed E-state index contributed by atoms with van der Waals surface area (Å²) in [5.74, 6) is -1.13. The molecule has 1 amide bonds. The Morgan fingerprint density at radius 1 is 1.56 bits per heavy atom. The maximum absolute atomic E-state index is 11.9. The second-order valence-corrected chi connectivity index (χ2v) is 5.28. The number of hydrogen-bond acceptors (Lipinski definition) is 3. The van der Waals surface area contributed by atoms with Gasteiger partial charge in [0, 0.05) is 17.5 Å². The van der Waals surface area contributed by atoms with Gasteiger partial charge in [0.2, 0.25) is 5.91 Å². The molecule has 2 heterocycles. The number of nitrogens with zero attached hydrogens (tertiary/aromatic N) is 1. The average Bonchev–Trinajstić information content (AvgIpc) is 2.94. The Bertz CT molecular complexity index is 492. The van der Waals surface area contributed by atoms with Crippen LogP contribution in [0.25, 0.3) is 6.08 Å². The van der Waals surface area contributed by atoms with Crippen LogP contribution in [0.5, 0.6) is 0 Å². The highest BCUT2D eigenvalue weighted by molar-refractivity contribution is 7.11. The summed E-state index contributed by atoms with van der Waals surface area (Å²) >= 11 is 1.57. The van der Waals surface area contributed by atoms with Crippen molar-refractivity contribution in [2.45, 2.75) is 25.8 Å². The number of carbonyl (C=O) groups is 2. The fourth-order valence-electron chi connectivity index (χ4n) is 2.09. The second-order valence-electron chi connectivity index (χ2n) is 4.33. The third-order valence-corrected chi connectivity index (χ3v) is 4.08. The molecule has 1 atom stereocenters. The number of aliphatic carboxylic acids is 1. The summed E-state index contributed by atoms with van der Waals surface area (Å²) in [6, 6.07) is 1.33. The molecule has 1 aliphatic rings. The first-order valence-electron chi connectivity index (χ1n) is 5.85. The number of carboxylic acids is 1. The molecule has 1 aliphatic heterocycles. The summed E-state index contributed by atoms with van der Waals surface area (Å²) < 4.78 is 0. The molecule has 0 saturated carbocycles. The summed E-state index contributed by atoms with van der Waals surface area (Å²) in [5, 5.41) is 11.0. The molecule has 0 radical (unpaired) electrons. The quantitative estimate of drug-likeness (QED) is 0.852. The molecule has 18 heavy (non-hydrogen) atoms. The van der Waals surface area contributed by atoms with Gasteiger partial charge in [-0.2, -0.15) is 0 Å². The normalized spacial score (nSPS) is 19.6. The van der Waals surface area contributed by atoms with Crippen LogP contribution in [0.4, 0.5) is 0 Å². The third kappa shape index (κ3) is 2.61. The van der Waals surface area contributed by atoms with Crippen molar-refractivity contribution in [3.63, 3.8) is 0 Å². The van der Waals surface area contributed by atoms with Gasteiger partial charge in [0.25, 0.3) is 0 Å². The second kappa shape index (κ2) is 5.35. The van der Waals surface area contributed by atoms with Gasteiger partial charge >= 0.3 is 5.97 Å². The van der Waals surface area contributed by atoms with Crippen molar-refractivity contribution in [2.75, 3.05) is 6.54 Å². The van der Waals surface area contributed by atoms with E-state index in [4.69, 9.17) is 5.11 Å². The Morgan fingerprint density at radius 3 is 2.94 bits per heavy atom. The summed E-state index contributed by atoms with van der Waals surface area (Å²) in [6.45, 7) is 2.51. The molecule has 0 bridgehead atoms. The lowest BCUT2D eigenvalue weighted by Crippen LogP contribution is -2.39. The number of amides is 1. The number of carbonyl (C=O) groups excluding carboxylic acids is 1. The zero-order valence-corrected chi connectivity index (χ0v) is 10.9. The van der Waals surface area contributed by atoms with Crippen molar-refractivity contribution >= 4 is 29.3 Å². The van der Waals surface area contributed by atoms with Gasteiger partial charge in [0.1, 0.15) is 6.04 Å². The van der Waals surface area contributed by atoms with Gasteiger partial charge in [-0.05, 0) is 42.9 Å². The van der Waals surface area contributed by atoms with E-state index in [2.05, 4.69) is 0 Å². The van der Waals surface area contributed by atoms with E-state index in [1.54, 1.807) is 17.4 Å². The van der Waals surface area contributed by atoms with E-state index in [1.165, 1.54) is 11.0 Å². The molecule has 1 N–H and O–H groups in total. The Labute approximate surface area is 110 Å². The lowest BCUT2D eigenvalue weighted by atomic mass is 10.2. The topological polar surface area (TPSA) is 57.6 Å². The van der Waals surface area contributed by atoms with Crippen molar-refractivity contribution in [1.29, 1.82) is 0 Å². The minimum absolute atomic E-state index is 0.215. The van der Waals surface area contributed by atoms with Crippen LogP contribution in [-0.2, 0) is 9.59 Å². The lowest BCUT2D eigenvalue weighted by Gasteiger charge is -2.19. The third-order valence-electron chi connectivity index (χ3n) is 3.10. The Kier molecular flexibility index (Phi) is 3.81. The van der Waals surface area contributed by atoms with Gasteiger partial charge < -0.3 is 10.0 Å². The van der Waals surface area contributed by atoms with E-state index in [-0.39, 0.29) is 5.91 Å². The Morgan fingerprint density at radius 2 is 2.33 bits per heavy atom. The average molecular weight is 265 g/mol. The van der Waals surface area contributed by atoms with Crippen LogP contribution in [0.15, 0.2) is 17.5 Å². The van der Waals surface area contributed by atoms with Crippen LogP contribution in [0.2, 0.25) is 0 Å². The van der Waals surface area contributed by atoms with Gasteiger partial charge in [-0.15, -0.1) is 11.3 Å². The lowest BCUT2D eigenvalue weighted by molar-refractivity contribution is -0.146. The van der Waals surface area contributed by atoms with Crippen molar-refractivity contribution < 1.29 is 14.7 Å². The highest BCUT2D eigenvalue weighted by atomic mass is 32.1. The van der Waals surface area contributed by atoms with Gasteiger partial charge in [0.15, 0.2) is 0 Å². The standard InChI is InChI=1S/C13H15NO3S/c1-9-6-8-18-11(9)4-5-12(15)14-7-2-3-10(14)13(16)17/h4-6,8,10H,2-3,7H2,1H3,(H,16,17)/b5-4+/t10-/m1/s1. The molecule has 0 aromatic carbocycles. The van der Waals surface area contributed by atoms with Crippen LogP contribution in [0.1, 0.15) is 23.3 Å². The number of thiophene rings is 1.